The number of nitrogens with one attached hydrogen (secondary N) is 1. The summed E-state index contributed by atoms with van der Waals surface area (Å²) in [6.07, 6.45) is 2.68. The van der Waals surface area contributed by atoms with E-state index in [4.69, 9.17) is 11.0 Å². The van der Waals surface area contributed by atoms with Crippen molar-refractivity contribution in [3.8, 4) is 6.07 Å². The summed E-state index contributed by atoms with van der Waals surface area (Å²) < 4.78 is 12.8. The van der Waals surface area contributed by atoms with E-state index in [9.17, 15) is 14.0 Å². The number of halogens is 1. The lowest BCUT2D eigenvalue weighted by Crippen LogP contribution is -2.36. The topological polar surface area (TPSA) is 99.2 Å². The number of nitriles is 1. The molecule has 0 aliphatic carbocycles. The largest absolute Gasteiger partial charge is 0.376 e. The highest BCUT2D eigenvalue weighted by molar-refractivity contribution is 6.06. The van der Waals surface area contributed by atoms with E-state index < -0.39 is 11.7 Å². The molecule has 0 saturated carbocycles. The van der Waals surface area contributed by atoms with Crippen molar-refractivity contribution >= 4 is 17.5 Å². The number of carbonyl (C=O) groups is 2. The number of nitrogens with two attached hydrogens (primary N) is 1. The van der Waals surface area contributed by atoms with Gasteiger partial charge in [0.05, 0.1) is 0 Å². The monoisotopic (exact) mass is 316 g/mol. The molecule has 7 heteroatoms. The molecule has 0 unspecified atom stereocenters. The molecule has 0 spiro atoms. The number of anilines is 1. The van der Waals surface area contributed by atoms with Gasteiger partial charge in [-0.05, 0) is 37.1 Å². The van der Waals surface area contributed by atoms with Crippen LogP contribution >= 0.6 is 0 Å². The lowest BCUT2D eigenvalue weighted by Gasteiger charge is -2.29. The third kappa shape index (κ3) is 4.54. The normalized spacial score (nSPS) is 15.8. The number of primary amides is 1. The number of piperidine rings is 1. The number of likely N-dealkylation sites (tertiary alicyclic amines) is 1. The fraction of sp³-hybridized carbons (Fsp3) is 0.312. The van der Waals surface area contributed by atoms with Crippen LogP contribution in [0.1, 0.15) is 12.8 Å². The maximum absolute atomic E-state index is 12.8. The SMILES string of the molecule is N#C/C(=C\N1CCC(C(N)=O)CC1)C(=O)Nc1ccc(F)cc1. The molecule has 2 rings (SSSR count). The standard InChI is InChI=1S/C16H17FN4O2/c17-13-1-3-14(4-2-13)20-16(23)12(9-18)10-21-7-5-11(6-8-21)15(19)22/h1-4,10-11H,5-8H2,(H2,19,22)(H,20,23)/b12-10+. The second kappa shape index (κ2) is 7.40. The summed E-state index contributed by atoms with van der Waals surface area (Å²) >= 11 is 0. The third-order valence-corrected chi connectivity index (χ3v) is 3.71. The van der Waals surface area contributed by atoms with Crippen molar-refractivity contribution in [2.24, 2.45) is 11.7 Å². The smallest absolute Gasteiger partial charge is 0.267 e. The van der Waals surface area contributed by atoms with Gasteiger partial charge < -0.3 is 16.0 Å². The summed E-state index contributed by atoms with van der Waals surface area (Å²) in [5, 5.41) is 11.7. The molecule has 1 aromatic carbocycles. The van der Waals surface area contributed by atoms with Gasteiger partial charge in [0.1, 0.15) is 17.5 Å². The van der Waals surface area contributed by atoms with Gasteiger partial charge in [-0.2, -0.15) is 5.26 Å². The predicted octanol–water partition coefficient (Wildman–Crippen LogP) is 1.37. The van der Waals surface area contributed by atoms with Gasteiger partial charge >= 0.3 is 0 Å². The zero-order valence-electron chi connectivity index (χ0n) is 12.5. The van der Waals surface area contributed by atoms with Crippen molar-refractivity contribution < 1.29 is 14.0 Å². The Morgan fingerprint density at radius 3 is 2.43 bits per heavy atom. The molecule has 1 aliphatic rings. The van der Waals surface area contributed by atoms with Crippen molar-refractivity contribution in [2.45, 2.75) is 12.8 Å². The molecule has 1 heterocycles. The number of rotatable bonds is 4. The first-order valence-corrected chi connectivity index (χ1v) is 7.22. The quantitative estimate of drug-likeness (QED) is 0.647. The minimum absolute atomic E-state index is 0.0492. The highest BCUT2D eigenvalue weighted by Gasteiger charge is 2.22. The number of hydrogen-bond donors (Lipinski definition) is 2. The molecule has 1 aromatic rings. The number of hydrogen-bond acceptors (Lipinski definition) is 4. The van der Waals surface area contributed by atoms with Crippen LogP contribution in [0.5, 0.6) is 0 Å². The Balaban J connectivity index is 1.99. The summed E-state index contributed by atoms with van der Waals surface area (Å²) in [4.78, 5) is 25.0. The van der Waals surface area contributed by atoms with Crippen molar-refractivity contribution in [3.63, 3.8) is 0 Å². The first-order chi connectivity index (χ1) is 11.0. The van der Waals surface area contributed by atoms with Crippen molar-refractivity contribution in [1.82, 2.24) is 4.90 Å². The van der Waals surface area contributed by atoms with Gasteiger partial charge in [0.15, 0.2) is 0 Å². The van der Waals surface area contributed by atoms with Crippen LogP contribution in [0.2, 0.25) is 0 Å². The van der Waals surface area contributed by atoms with Gasteiger partial charge in [-0.3, -0.25) is 9.59 Å². The van der Waals surface area contributed by atoms with Gasteiger partial charge in [-0.25, -0.2) is 4.39 Å². The Hall–Kier alpha value is -2.88. The van der Waals surface area contributed by atoms with E-state index in [1.54, 1.807) is 0 Å². The van der Waals surface area contributed by atoms with Gasteiger partial charge in [0, 0.05) is 30.9 Å². The van der Waals surface area contributed by atoms with Crippen LogP contribution in [0.25, 0.3) is 0 Å². The number of amides is 2. The predicted molar refractivity (Wildman–Crippen MR) is 82.2 cm³/mol. The molecule has 6 nitrogen and oxygen atoms in total. The molecule has 1 fully saturated rings. The summed E-state index contributed by atoms with van der Waals surface area (Å²) in [5.74, 6) is -1.44. The number of nitrogens with zero attached hydrogens (tertiary/aromatic N) is 2. The molecule has 120 valence electrons. The lowest BCUT2D eigenvalue weighted by molar-refractivity contribution is -0.123. The van der Waals surface area contributed by atoms with E-state index in [0.717, 1.165) is 0 Å². The van der Waals surface area contributed by atoms with Crippen LogP contribution in [0.3, 0.4) is 0 Å². The van der Waals surface area contributed by atoms with E-state index in [0.29, 0.717) is 31.6 Å². The van der Waals surface area contributed by atoms with E-state index in [-0.39, 0.29) is 17.4 Å². The van der Waals surface area contributed by atoms with Gasteiger partial charge in [0.2, 0.25) is 5.91 Å². The van der Waals surface area contributed by atoms with Gasteiger partial charge in [-0.1, -0.05) is 0 Å². The molecule has 1 saturated heterocycles. The number of carbonyl (C=O) groups excluding carboxylic acids is 2. The maximum Gasteiger partial charge on any atom is 0.267 e. The minimum atomic E-state index is -0.559. The van der Waals surface area contributed by atoms with Crippen LogP contribution in [-0.2, 0) is 9.59 Å². The fourth-order valence-corrected chi connectivity index (χ4v) is 2.37. The Kier molecular flexibility index (Phi) is 5.31. The Bertz CT molecular complexity index is 656. The average molecular weight is 316 g/mol. The molecule has 0 atom stereocenters. The highest BCUT2D eigenvalue weighted by Crippen LogP contribution is 2.18. The first-order valence-electron chi connectivity index (χ1n) is 7.22. The Morgan fingerprint density at radius 1 is 1.30 bits per heavy atom. The van der Waals surface area contributed by atoms with Crippen LogP contribution in [0, 0.1) is 23.1 Å². The molecule has 2 amide bonds. The van der Waals surface area contributed by atoms with E-state index in [1.807, 2.05) is 11.0 Å². The van der Waals surface area contributed by atoms with Crippen LogP contribution in [0.15, 0.2) is 36.0 Å². The zero-order chi connectivity index (χ0) is 16.8. The molecule has 0 aromatic heterocycles. The molecule has 3 N–H and O–H groups in total. The second-order valence-corrected chi connectivity index (χ2v) is 5.33. The molecular weight excluding hydrogens is 299 g/mol. The lowest BCUT2D eigenvalue weighted by atomic mass is 9.96. The van der Waals surface area contributed by atoms with Crippen LogP contribution in [0.4, 0.5) is 10.1 Å². The van der Waals surface area contributed by atoms with Crippen molar-refractivity contribution in [3.05, 3.63) is 41.9 Å². The van der Waals surface area contributed by atoms with Gasteiger partial charge in [0.25, 0.3) is 5.91 Å². The van der Waals surface area contributed by atoms with Crippen molar-refractivity contribution in [2.75, 3.05) is 18.4 Å². The second-order valence-electron chi connectivity index (χ2n) is 5.33. The van der Waals surface area contributed by atoms with Crippen LogP contribution < -0.4 is 11.1 Å². The van der Waals surface area contributed by atoms with E-state index >= 15 is 0 Å². The summed E-state index contributed by atoms with van der Waals surface area (Å²) in [6, 6.07) is 7.14. The summed E-state index contributed by atoms with van der Waals surface area (Å²) in [7, 11) is 0. The average Bonchev–Trinajstić information content (AvgIpc) is 2.55. The molecule has 23 heavy (non-hydrogen) atoms. The van der Waals surface area contributed by atoms with Gasteiger partial charge in [-0.15, -0.1) is 0 Å². The summed E-state index contributed by atoms with van der Waals surface area (Å²) in [6.45, 7) is 1.12. The third-order valence-electron chi connectivity index (χ3n) is 3.71. The molecule has 1 aliphatic heterocycles. The van der Waals surface area contributed by atoms with Crippen LogP contribution in [-0.4, -0.2) is 29.8 Å². The van der Waals surface area contributed by atoms with E-state index in [1.165, 1.54) is 30.5 Å². The summed E-state index contributed by atoms with van der Waals surface area (Å²) in [5.41, 5.74) is 5.63. The van der Waals surface area contributed by atoms with Crippen molar-refractivity contribution in [1.29, 1.82) is 5.26 Å². The number of benzene rings is 1. The molecule has 0 bridgehead atoms. The van der Waals surface area contributed by atoms with E-state index in [2.05, 4.69) is 5.32 Å². The Labute approximate surface area is 133 Å². The minimum Gasteiger partial charge on any atom is -0.376 e. The molecular formula is C16H17FN4O2. The maximum atomic E-state index is 12.8. The Morgan fingerprint density at radius 2 is 1.91 bits per heavy atom. The molecule has 0 radical (unpaired) electrons. The fourth-order valence-electron chi connectivity index (χ4n) is 2.37. The first kappa shape index (κ1) is 16.5. The highest BCUT2D eigenvalue weighted by atomic mass is 19.1. The zero-order valence-corrected chi connectivity index (χ0v) is 12.5.